The summed E-state index contributed by atoms with van der Waals surface area (Å²) in [7, 11) is -1.15. The van der Waals surface area contributed by atoms with E-state index in [1.54, 1.807) is 12.1 Å². The number of nitrogens with two attached hydrogens (primary N) is 1. The van der Waals surface area contributed by atoms with Crippen LogP contribution in [0.1, 0.15) is 80.8 Å². The maximum atomic E-state index is 13.2. The highest BCUT2D eigenvalue weighted by Gasteiger charge is 2.49. The molecule has 2 aliphatic carbocycles. The third-order valence-electron chi connectivity index (χ3n) is 15.0. The molecule has 2 aliphatic heterocycles. The Morgan fingerprint density at radius 1 is 0.616 bits per heavy atom. The van der Waals surface area contributed by atoms with Crippen molar-refractivity contribution < 1.29 is 4.21 Å². The highest BCUT2D eigenvalue weighted by molar-refractivity contribution is 8.00. The average Bonchev–Trinajstić information content (AvgIpc) is 4.19. The highest BCUT2D eigenvalue weighted by Crippen LogP contribution is 2.54. The van der Waals surface area contributed by atoms with Crippen molar-refractivity contribution in [3.63, 3.8) is 0 Å². The largest absolute Gasteiger partial charge is 0.342 e. The lowest BCUT2D eigenvalue weighted by molar-refractivity contribution is 0.177. The Balaban J connectivity index is 0.000000167. The Hall–Kier alpha value is -4.06. The molecular formula is C54H55Cl5N10OS3. The SMILES string of the molecule is CC(C)(C)[S@@](=O)N[C@H]1c2ccccc2CC12CCN(c1ncc(Sc3cccc(Cl)c3Cl)c3nccn13)CC2.Cl.N[C@H]1c2ccccc2CC12CCN(c1ncc(Sc3cccc(Cl)c3Cl)c3nccn13)CC2. The van der Waals surface area contributed by atoms with E-state index in [4.69, 9.17) is 62.1 Å². The molecule has 4 aliphatic rings. The predicted octanol–water partition coefficient (Wildman–Crippen LogP) is 13.6. The molecule has 12 rings (SSSR count). The first-order valence-corrected chi connectivity index (χ1v) is 28.5. The molecule has 3 atom stereocenters. The first kappa shape index (κ1) is 52.4. The Morgan fingerprint density at radius 2 is 1.07 bits per heavy atom. The lowest BCUT2D eigenvalue weighted by Crippen LogP contribution is -2.48. The minimum atomic E-state index is -1.15. The number of imidazole rings is 2. The van der Waals surface area contributed by atoms with Crippen LogP contribution < -0.4 is 20.3 Å². The minimum Gasteiger partial charge on any atom is -0.342 e. The van der Waals surface area contributed by atoms with Gasteiger partial charge >= 0.3 is 0 Å². The molecule has 73 heavy (non-hydrogen) atoms. The summed E-state index contributed by atoms with van der Waals surface area (Å²) in [5.41, 5.74) is 14.0. The van der Waals surface area contributed by atoms with Crippen molar-refractivity contribution in [1.82, 2.24) is 33.5 Å². The molecule has 0 amide bonds. The highest BCUT2D eigenvalue weighted by atomic mass is 35.5. The Morgan fingerprint density at radius 3 is 1.56 bits per heavy atom. The molecule has 4 aromatic heterocycles. The van der Waals surface area contributed by atoms with Crippen molar-refractivity contribution in [2.24, 2.45) is 16.6 Å². The van der Waals surface area contributed by atoms with Crippen LogP contribution in [0.25, 0.3) is 11.3 Å². The number of rotatable bonds is 8. The zero-order valence-corrected chi connectivity index (χ0v) is 46.8. The van der Waals surface area contributed by atoms with E-state index in [1.165, 1.54) is 45.8 Å². The molecular weight excluding hydrogens is 1080 g/mol. The number of halogens is 5. The molecule has 3 N–H and O–H groups in total. The van der Waals surface area contributed by atoms with Gasteiger partial charge in [0.1, 0.15) is 0 Å². The van der Waals surface area contributed by atoms with Gasteiger partial charge in [0.15, 0.2) is 11.3 Å². The van der Waals surface area contributed by atoms with Gasteiger partial charge < -0.3 is 15.5 Å². The van der Waals surface area contributed by atoms with Crippen LogP contribution in [0, 0.1) is 10.8 Å². The van der Waals surface area contributed by atoms with Crippen LogP contribution in [0.15, 0.2) is 142 Å². The number of hydrogen-bond donors (Lipinski definition) is 2. The van der Waals surface area contributed by atoms with E-state index in [0.717, 1.165) is 107 Å². The summed E-state index contributed by atoms with van der Waals surface area (Å²) in [6.45, 7) is 9.65. The Labute approximate surface area is 463 Å². The monoisotopic (exact) mass is 1130 g/mol. The maximum Gasteiger partial charge on any atom is 0.211 e. The van der Waals surface area contributed by atoms with Crippen LogP contribution in [-0.2, 0) is 23.8 Å². The molecule has 19 heteroatoms. The molecule has 0 unspecified atom stereocenters. The zero-order valence-electron chi connectivity index (χ0n) is 40.5. The van der Waals surface area contributed by atoms with E-state index < -0.39 is 11.0 Å². The van der Waals surface area contributed by atoms with Crippen molar-refractivity contribution in [3.05, 3.63) is 164 Å². The van der Waals surface area contributed by atoms with Gasteiger partial charge in [0, 0.05) is 79.2 Å². The summed E-state index contributed by atoms with van der Waals surface area (Å²) in [5, 5.41) is 2.15. The molecule has 0 saturated carbocycles. The summed E-state index contributed by atoms with van der Waals surface area (Å²) in [6, 6.07) is 28.7. The maximum absolute atomic E-state index is 13.2. The molecule has 2 saturated heterocycles. The zero-order chi connectivity index (χ0) is 49.9. The smallest absolute Gasteiger partial charge is 0.211 e. The molecule has 2 spiro atoms. The van der Waals surface area contributed by atoms with E-state index in [9.17, 15) is 4.21 Å². The molecule has 0 bridgehead atoms. The van der Waals surface area contributed by atoms with Gasteiger partial charge in [0.25, 0.3) is 0 Å². The van der Waals surface area contributed by atoms with E-state index in [2.05, 4.69) is 81.8 Å². The average molecular weight is 1130 g/mol. The van der Waals surface area contributed by atoms with Gasteiger partial charge in [-0.15, -0.1) is 12.4 Å². The van der Waals surface area contributed by atoms with Gasteiger partial charge in [-0.1, -0.05) is 131 Å². The number of nitrogens with zero attached hydrogens (tertiary/aromatic N) is 8. The molecule has 4 aromatic carbocycles. The van der Waals surface area contributed by atoms with Gasteiger partial charge in [0.05, 0.1) is 51.7 Å². The number of piperidine rings is 2. The third kappa shape index (κ3) is 9.99. The van der Waals surface area contributed by atoms with E-state index in [-0.39, 0.29) is 40.1 Å². The summed E-state index contributed by atoms with van der Waals surface area (Å²) < 4.78 is 20.6. The predicted molar refractivity (Wildman–Crippen MR) is 303 cm³/mol. The number of hydrogen-bond acceptors (Lipinski definition) is 10. The summed E-state index contributed by atoms with van der Waals surface area (Å²) in [5.74, 6) is 1.81. The molecule has 6 heterocycles. The van der Waals surface area contributed by atoms with Crippen molar-refractivity contribution in [1.29, 1.82) is 0 Å². The number of anilines is 2. The van der Waals surface area contributed by atoms with Gasteiger partial charge in [-0.3, -0.25) is 8.80 Å². The van der Waals surface area contributed by atoms with Crippen molar-refractivity contribution in [2.45, 2.75) is 95.7 Å². The lowest BCUT2D eigenvalue weighted by atomic mass is 9.73. The Kier molecular flexibility index (Phi) is 15.2. The second-order valence-electron chi connectivity index (χ2n) is 20.3. The fourth-order valence-electron chi connectivity index (χ4n) is 11.1. The van der Waals surface area contributed by atoms with Crippen molar-refractivity contribution in [3.8, 4) is 0 Å². The summed E-state index contributed by atoms with van der Waals surface area (Å²) >= 11 is 28.3. The normalized spacial score (nSPS) is 19.2. The van der Waals surface area contributed by atoms with Crippen LogP contribution in [0.2, 0.25) is 20.1 Å². The third-order valence-corrected chi connectivity index (χ3v) is 20.6. The van der Waals surface area contributed by atoms with E-state index in [1.807, 2.05) is 82.2 Å². The van der Waals surface area contributed by atoms with Crippen LogP contribution in [0.4, 0.5) is 11.9 Å². The van der Waals surface area contributed by atoms with Crippen LogP contribution in [0.3, 0.4) is 0 Å². The number of nitrogens with one attached hydrogen (secondary N) is 1. The van der Waals surface area contributed by atoms with Gasteiger partial charge in [0.2, 0.25) is 11.9 Å². The lowest BCUT2D eigenvalue weighted by Gasteiger charge is -2.44. The van der Waals surface area contributed by atoms with Gasteiger partial charge in [-0.05, 0) is 117 Å². The fraction of sp³-hybridized carbons (Fsp3) is 0.333. The second kappa shape index (κ2) is 21.2. The molecule has 2 fully saturated rings. The summed E-state index contributed by atoms with van der Waals surface area (Å²) in [6.07, 6.45) is 17.5. The first-order chi connectivity index (χ1) is 34.7. The fourth-order valence-corrected chi connectivity index (χ4v) is 14.8. The number of benzene rings is 4. The molecule has 380 valence electrons. The van der Waals surface area contributed by atoms with Gasteiger partial charge in [-0.25, -0.2) is 28.9 Å². The van der Waals surface area contributed by atoms with Gasteiger partial charge in [-0.2, -0.15) is 0 Å². The first-order valence-electron chi connectivity index (χ1n) is 24.2. The van der Waals surface area contributed by atoms with Crippen LogP contribution in [0.5, 0.6) is 0 Å². The van der Waals surface area contributed by atoms with Crippen LogP contribution >= 0.6 is 82.3 Å². The number of aromatic nitrogens is 6. The van der Waals surface area contributed by atoms with Crippen LogP contribution in [-0.4, -0.2) is 63.9 Å². The van der Waals surface area contributed by atoms with E-state index >= 15 is 0 Å². The Bertz CT molecular complexity index is 3350. The van der Waals surface area contributed by atoms with E-state index in [0.29, 0.717) is 20.1 Å². The molecule has 0 radical (unpaired) electrons. The second-order valence-corrected chi connectivity index (χ2v) is 26.0. The standard InChI is InChI=1S/C29H31Cl2N5OS2.C25H23Cl2N5S.ClH/c1-28(2,3)39(37)34-25-20-8-5-4-7-19(20)17-29(25)11-14-35(15-12-29)27-33-18-23(26-32-13-16-36(26)27)38-22-10-6-9-21(30)24(22)31;26-18-6-3-7-19(21(18)27)33-20-15-30-24(32-13-10-29-23(20)32)31-11-8-25(9-12-31)14-16-4-1-2-5-17(16)22(25)28;/h4-10,13,16,18,25,34H,11-12,14-15,17H2,1-3H3;1-7,10,13,15,22H,8-9,11-12,14,28H2;1H/t25-,39+;22-;/m00./s1. The quantitative estimate of drug-likeness (QED) is 0.152. The number of fused-ring (bicyclic) bond motifs is 4. The van der Waals surface area contributed by atoms with Crippen molar-refractivity contribution >= 4 is 117 Å². The molecule has 8 aromatic rings. The molecule has 11 nitrogen and oxygen atoms in total. The summed E-state index contributed by atoms with van der Waals surface area (Å²) in [4.78, 5) is 27.3. The van der Waals surface area contributed by atoms with Crippen molar-refractivity contribution in [2.75, 3.05) is 36.0 Å². The minimum absolute atomic E-state index is 0. The topological polar surface area (TPSA) is 122 Å².